The summed E-state index contributed by atoms with van der Waals surface area (Å²) in [6, 6.07) is 11.8. The zero-order valence-electron chi connectivity index (χ0n) is 12.3. The Morgan fingerprint density at radius 3 is 2.65 bits per heavy atom. The summed E-state index contributed by atoms with van der Waals surface area (Å²) < 4.78 is 5.68. The van der Waals surface area contributed by atoms with Crippen LogP contribution in [0.1, 0.15) is 11.4 Å². The molecule has 4 aromatic rings. The minimum absolute atomic E-state index is 0.544. The summed E-state index contributed by atoms with van der Waals surface area (Å²) in [6.45, 7) is 1.97. The number of hydrogen-bond acceptors (Lipinski definition) is 7. The van der Waals surface area contributed by atoms with Crippen LogP contribution in [0.4, 0.5) is 0 Å². The summed E-state index contributed by atoms with van der Waals surface area (Å²) in [7, 11) is 0. The van der Waals surface area contributed by atoms with E-state index in [1.54, 1.807) is 11.3 Å². The SMILES string of the molecule is Cc1nc2ccccc2nc1CSc1nnc(-c2cccs2)o1. The molecule has 0 unspecified atom stereocenters. The summed E-state index contributed by atoms with van der Waals surface area (Å²) in [5, 5.41) is 10.7. The van der Waals surface area contributed by atoms with Gasteiger partial charge in [-0.1, -0.05) is 30.0 Å². The Morgan fingerprint density at radius 2 is 1.87 bits per heavy atom. The number of hydrogen-bond donors (Lipinski definition) is 0. The van der Waals surface area contributed by atoms with Crippen molar-refractivity contribution in [2.75, 3.05) is 0 Å². The lowest BCUT2D eigenvalue weighted by atomic mass is 10.2. The van der Waals surface area contributed by atoms with Crippen LogP contribution in [0.3, 0.4) is 0 Å². The molecule has 1 aromatic carbocycles. The van der Waals surface area contributed by atoms with Crippen LogP contribution in [0, 0.1) is 6.92 Å². The Balaban J connectivity index is 1.54. The van der Waals surface area contributed by atoms with Crippen LogP contribution in [0.5, 0.6) is 0 Å². The van der Waals surface area contributed by atoms with Crippen molar-refractivity contribution in [1.82, 2.24) is 20.2 Å². The van der Waals surface area contributed by atoms with Crippen molar-refractivity contribution in [3.05, 3.63) is 53.2 Å². The van der Waals surface area contributed by atoms with Crippen LogP contribution < -0.4 is 0 Å². The van der Waals surface area contributed by atoms with Gasteiger partial charge in [-0.15, -0.1) is 21.5 Å². The predicted molar refractivity (Wildman–Crippen MR) is 91.4 cm³/mol. The Kier molecular flexibility index (Phi) is 3.80. The van der Waals surface area contributed by atoms with E-state index in [0.29, 0.717) is 16.9 Å². The molecule has 0 radical (unpaired) electrons. The molecule has 0 spiro atoms. The fourth-order valence-corrected chi connectivity index (χ4v) is 3.57. The maximum absolute atomic E-state index is 5.68. The maximum atomic E-state index is 5.68. The summed E-state index contributed by atoms with van der Waals surface area (Å²) in [5.41, 5.74) is 3.67. The number of thiophene rings is 1. The highest BCUT2D eigenvalue weighted by molar-refractivity contribution is 7.98. The van der Waals surface area contributed by atoms with Gasteiger partial charge < -0.3 is 4.42 Å². The van der Waals surface area contributed by atoms with Gasteiger partial charge in [0.1, 0.15) is 0 Å². The van der Waals surface area contributed by atoms with Crippen LogP contribution in [0.2, 0.25) is 0 Å². The summed E-state index contributed by atoms with van der Waals surface area (Å²) in [5.74, 6) is 1.21. The molecular formula is C16H12N4OS2. The van der Waals surface area contributed by atoms with E-state index in [2.05, 4.69) is 20.2 Å². The smallest absolute Gasteiger partial charge is 0.277 e. The Hall–Kier alpha value is -2.25. The Morgan fingerprint density at radius 1 is 1.04 bits per heavy atom. The van der Waals surface area contributed by atoms with Crippen molar-refractivity contribution in [3.63, 3.8) is 0 Å². The zero-order chi connectivity index (χ0) is 15.6. The molecule has 0 amide bonds. The molecule has 23 heavy (non-hydrogen) atoms. The van der Waals surface area contributed by atoms with Gasteiger partial charge in [-0.3, -0.25) is 0 Å². The first-order chi connectivity index (χ1) is 11.3. The number of para-hydroxylation sites is 2. The lowest BCUT2D eigenvalue weighted by molar-refractivity contribution is 0.466. The van der Waals surface area contributed by atoms with E-state index in [0.717, 1.165) is 27.3 Å². The first-order valence-corrected chi connectivity index (χ1v) is 8.88. The summed E-state index contributed by atoms with van der Waals surface area (Å²) in [6.07, 6.45) is 0. The molecule has 0 aliphatic heterocycles. The molecular weight excluding hydrogens is 328 g/mol. The molecule has 5 nitrogen and oxygen atoms in total. The van der Waals surface area contributed by atoms with Crippen molar-refractivity contribution in [1.29, 1.82) is 0 Å². The highest BCUT2D eigenvalue weighted by atomic mass is 32.2. The third-order valence-electron chi connectivity index (χ3n) is 3.31. The van der Waals surface area contributed by atoms with Crippen molar-refractivity contribution in [2.24, 2.45) is 0 Å². The highest BCUT2D eigenvalue weighted by Gasteiger charge is 2.12. The number of thioether (sulfide) groups is 1. The lowest BCUT2D eigenvalue weighted by Gasteiger charge is -2.04. The third-order valence-corrected chi connectivity index (χ3v) is 5.00. The van der Waals surface area contributed by atoms with E-state index < -0.39 is 0 Å². The van der Waals surface area contributed by atoms with Gasteiger partial charge in [-0.05, 0) is 30.5 Å². The second-order valence-corrected chi connectivity index (χ2v) is 6.76. The summed E-state index contributed by atoms with van der Waals surface area (Å²) in [4.78, 5) is 10.2. The van der Waals surface area contributed by atoms with Crippen LogP contribution in [0.25, 0.3) is 21.8 Å². The van der Waals surface area contributed by atoms with E-state index >= 15 is 0 Å². The predicted octanol–water partition coefficient (Wildman–Crippen LogP) is 4.34. The van der Waals surface area contributed by atoms with Crippen LogP contribution in [-0.4, -0.2) is 20.2 Å². The standard InChI is InChI=1S/C16H12N4OS2/c1-10-13(18-12-6-3-2-5-11(12)17-10)9-23-16-20-19-15(21-16)14-7-4-8-22-14/h2-8H,9H2,1H3. The number of benzene rings is 1. The number of nitrogens with zero attached hydrogens (tertiary/aromatic N) is 4. The van der Waals surface area contributed by atoms with Crippen molar-refractivity contribution >= 4 is 34.1 Å². The van der Waals surface area contributed by atoms with Crippen molar-refractivity contribution in [2.45, 2.75) is 17.9 Å². The molecule has 0 atom stereocenters. The molecule has 0 saturated heterocycles. The van der Waals surface area contributed by atoms with E-state index in [1.807, 2.05) is 48.7 Å². The van der Waals surface area contributed by atoms with Gasteiger partial charge in [0.25, 0.3) is 11.1 Å². The second-order valence-electron chi connectivity index (χ2n) is 4.88. The topological polar surface area (TPSA) is 64.7 Å². The van der Waals surface area contributed by atoms with Gasteiger partial charge in [-0.2, -0.15) is 0 Å². The van der Waals surface area contributed by atoms with Gasteiger partial charge in [0.15, 0.2) is 0 Å². The first kappa shape index (κ1) is 14.3. The van der Waals surface area contributed by atoms with Crippen molar-refractivity contribution in [3.8, 4) is 10.8 Å². The van der Waals surface area contributed by atoms with E-state index in [9.17, 15) is 0 Å². The fraction of sp³-hybridized carbons (Fsp3) is 0.125. The van der Waals surface area contributed by atoms with Gasteiger partial charge in [0.2, 0.25) is 0 Å². The Bertz CT molecular complexity index is 950. The minimum Gasteiger partial charge on any atom is -0.410 e. The molecule has 114 valence electrons. The molecule has 4 rings (SSSR count). The molecule has 0 fully saturated rings. The minimum atomic E-state index is 0.544. The van der Waals surface area contributed by atoms with Gasteiger partial charge >= 0.3 is 0 Å². The monoisotopic (exact) mass is 340 g/mol. The fourth-order valence-electron chi connectivity index (χ4n) is 2.16. The van der Waals surface area contributed by atoms with Crippen LogP contribution in [-0.2, 0) is 5.75 Å². The highest BCUT2D eigenvalue weighted by Crippen LogP contribution is 2.28. The Labute approximate surface area is 140 Å². The van der Waals surface area contributed by atoms with Gasteiger partial charge in [0, 0.05) is 5.75 Å². The molecule has 7 heteroatoms. The summed E-state index contributed by atoms with van der Waals surface area (Å²) >= 11 is 3.06. The van der Waals surface area contributed by atoms with E-state index in [4.69, 9.17) is 4.42 Å². The number of aromatic nitrogens is 4. The zero-order valence-corrected chi connectivity index (χ0v) is 13.9. The average Bonchev–Trinajstić information content (AvgIpc) is 3.24. The number of rotatable bonds is 4. The maximum Gasteiger partial charge on any atom is 0.277 e. The van der Waals surface area contributed by atoms with Crippen molar-refractivity contribution < 1.29 is 4.42 Å². The lowest BCUT2D eigenvalue weighted by Crippen LogP contribution is -1.96. The average molecular weight is 340 g/mol. The van der Waals surface area contributed by atoms with Gasteiger partial charge in [-0.25, -0.2) is 9.97 Å². The number of aryl methyl sites for hydroxylation is 1. The van der Waals surface area contributed by atoms with Crippen LogP contribution >= 0.6 is 23.1 Å². The molecule has 0 saturated carbocycles. The molecule has 3 aromatic heterocycles. The molecule has 0 aliphatic rings. The van der Waals surface area contributed by atoms with E-state index in [1.165, 1.54) is 11.8 Å². The van der Waals surface area contributed by atoms with Crippen LogP contribution in [0.15, 0.2) is 51.4 Å². The molecule has 3 heterocycles. The molecule has 0 N–H and O–H groups in total. The largest absolute Gasteiger partial charge is 0.410 e. The quantitative estimate of drug-likeness (QED) is 0.515. The van der Waals surface area contributed by atoms with E-state index in [-0.39, 0.29) is 0 Å². The van der Waals surface area contributed by atoms with Gasteiger partial charge in [0.05, 0.1) is 27.3 Å². The molecule has 0 aliphatic carbocycles. The normalized spacial score (nSPS) is 11.2. The number of fused-ring (bicyclic) bond motifs is 1. The first-order valence-electron chi connectivity index (χ1n) is 7.02. The molecule has 0 bridgehead atoms. The third kappa shape index (κ3) is 2.97. The second kappa shape index (κ2) is 6.10.